The second-order valence-corrected chi connectivity index (χ2v) is 5.87. The number of aliphatic hydroxyl groups is 1. The molecule has 0 aliphatic heterocycles. The van der Waals surface area contributed by atoms with Crippen molar-refractivity contribution in [1.82, 2.24) is 15.0 Å². The molecule has 0 saturated heterocycles. The van der Waals surface area contributed by atoms with E-state index in [0.717, 1.165) is 12.8 Å². The Morgan fingerprint density at radius 3 is 3.04 bits per heavy atom. The van der Waals surface area contributed by atoms with E-state index in [2.05, 4.69) is 39.3 Å². The topological polar surface area (TPSA) is 71.6 Å². The lowest BCUT2D eigenvalue weighted by atomic mass is 10.1. The molecule has 1 heterocycles. The Morgan fingerprint density at radius 2 is 2.26 bits per heavy atom. The molecule has 3 rings (SSSR count). The summed E-state index contributed by atoms with van der Waals surface area (Å²) in [5, 5.41) is 13.4. The highest BCUT2D eigenvalue weighted by atomic mass is 16.5. The molecule has 124 valence electrons. The first-order valence-corrected chi connectivity index (χ1v) is 8.01. The predicted molar refractivity (Wildman–Crippen MR) is 84.7 cm³/mol. The molecule has 0 bridgehead atoms. The van der Waals surface area contributed by atoms with Crippen LogP contribution in [0.3, 0.4) is 0 Å². The maximum atomic E-state index is 9.43. The van der Waals surface area contributed by atoms with Crippen molar-refractivity contribution in [2.45, 2.75) is 38.5 Å². The molecule has 6 nitrogen and oxygen atoms in total. The molecule has 1 aliphatic carbocycles. The van der Waals surface area contributed by atoms with Gasteiger partial charge in [0.2, 0.25) is 5.89 Å². The normalized spacial score (nSPS) is 18.3. The zero-order valence-electron chi connectivity index (χ0n) is 13.6. The number of hydrogen-bond acceptors (Lipinski definition) is 6. The van der Waals surface area contributed by atoms with Crippen molar-refractivity contribution in [2.24, 2.45) is 0 Å². The minimum atomic E-state index is -0.189. The number of benzene rings is 1. The Balaban J connectivity index is 1.76. The monoisotopic (exact) mass is 317 g/mol. The summed E-state index contributed by atoms with van der Waals surface area (Å²) in [5.41, 5.74) is 2.73. The summed E-state index contributed by atoms with van der Waals surface area (Å²) in [4.78, 5) is 6.61. The number of ether oxygens (including phenoxy) is 1. The molecule has 0 saturated carbocycles. The van der Waals surface area contributed by atoms with Gasteiger partial charge in [-0.3, -0.25) is 4.90 Å². The quantitative estimate of drug-likeness (QED) is 0.844. The van der Waals surface area contributed by atoms with E-state index in [1.807, 2.05) is 6.92 Å². The number of fused-ring (bicyclic) bond motifs is 1. The molecular weight excluding hydrogens is 294 g/mol. The van der Waals surface area contributed by atoms with Gasteiger partial charge in [-0.2, -0.15) is 4.98 Å². The zero-order valence-corrected chi connectivity index (χ0v) is 13.6. The van der Waals surface area contributed by atoms with E-state index in [1.54, 1.807) is 7.11 Å². The Hall–Kier alpha value is -1.76. The van der Waals surface area contributed by atoms with Crippen LogP contribution in [0.15, 0.2) is 28.8 Å². The molecule has 1 N–H and O–H groups in total. The average molecular weight is 317 g/mol. The third-order valence-electron chi connectivity index (χ3n) is 4.47. The molecular formula is C17H23N3O3. The molecule has 2 aromatic rings. The molecule has 1 aliphatic rings. The molecule has 2 atom stereocenters. The predicted octanol–water partition coefficient (Wildman–Crippen LogP) is 2.26. The first-order valence-electron chi connectivity index (χ1n) is 8.01. The number of rotatable bonds is 7. The Labute approximate surface area is 136 Å². The van der Waals surface area contributed by atoms with Gasteiger partial charge in [-0.05, 0) is 30.9 Å². The minimum absolute atomic E-state index is 0.105. The maximum absolute atomic E-state index is 9.43. The number of hydrogen-bond donors (Lipinski definition) is 1. The van der Waals surface area contributed by atoms with Gasteiger partial charge in [0.1, 0.15) is 6.10 Å². The molecule has 1 aromatic heterocycles. The molecule has 1 aromatic carbocycles. The highest BCUT2D eigenvalue weighted by molar-refractivity contribution is 5.34. The number of methoxy groups -OCH3 is 1. The van der Waals surface area contributed by atoms with Gasteiger partial charge in [0.25, 0.3) is 0 Å². The zero-order chi connectivity index (χ0) is 16.2. The van der Waals surface area contributed by atoms with Gasteiger partial charge in [-0.25, -0.2) is 0 Å². The van der Waals surface area contributed by atoms with Crippen LogP contribution in [-0.4, -0.2) is 40.4 Å². The van der Waals surface area contributed by atoms with Gasteiger partial charge in [0.15, 0.2) is 5.82 Å². The van der Waals surface area contributed by atoms with Gasteiger partial charge in [0, 0.05) is 19.7 Å². The van der Waals surface area contributed by atoms with Crippen LogP contribution in [0.1, 0.15) is 48.3 Å². The van der Waals surface area contributed by atoms with Crippen molar-refractivity contribution >= 4 is 0 Å². The van der Waals surface area contributed by atoms with Crippen LogP contribution in [-0.2, 0) is 17.7 Å². The van der Waals surface area contributed by atoms with E-state index in [0.29, 0.717) is 24.8 Å². The summed E-state index contributed by atoms with van der Waals surface area (Å²) in [7, 11) is 1.62. The van der Waals surface area contributed by atoms with Crippen molar-refractivity contribution in [3.05, 3.63) is 47.1 Å². The van der Waals surface area contributed by atoms with Crippen molar-refractivity contribution in [2.75, 3.05) is 20.3 Å². The largest absolute Gasteiger partial charge is 0.395 e. The van der Waals surface area contributed by atoms with E-state index in [-0.39, 0.29) is 18.8 Å². The summed E-state index contributed by atoms with van der Waals surface area (Å²) in [6.07, 6.45) is 1.93. The Morgan fingerprint density at radius 1 is 1.43 bits per heavy atom. The minimum Gasteiger partial charge on any atom is -0.395 e. The standard InChI is InChI=1S/C17H23N3O3/c1-12(22-2)17-18-16(23-19-17)11-20(9-10-21)15-8-7-13-5-3-4-6-14(13)15/h3-6,12,15,21H,7-11H2,1-2H3. The van der Waals surface area contributed by atoms with Crippen LogP contribution in [0, 0.1) is 0 Å². The SMILES string of the molecule is COC(C)c1noc(CN(CCO)C2CCc3ccccc32)n1. The second kappa shape index (κ2) is 7.21. The highest BCUT2D eigenvalue weighted by Crippen LogP contribution is 2.36. The molecule has 0 fully saturated rings. The van der Waals surface area contributed by atoms with Crippen molar-refractivity contribution in [3.63, 3.8) is 0 Å². The van der Waals surface area contributed by atoms with E-state index in [1.165, 1.54) is 11.1 Å². The van der Waals surface area contributed by atoms with E-state index >= 15 is 0 Å². The smallest absolute Gasteiger partial charge is 0.240 e. The second-order valence-electron chi connectivity index (χ2n) is 5.87. The molecule has 0 radical (unpaired) electrons. The van der Waals surface area contributed by atoms with Gasteiger partial charge in [-0.1, -0.05) is 29.4 Å². The van der Waals surface area contributed by atoms with Gasteiger partial charge in [-0.15, -0.1) is 0 Å². The fraction of sp³-hybridized carbons (Fsp3) is 0.529. The third kappa shape index (κ3) is 3.44. The number of aryl methyl sites for hydroxylation is 1. The molecule has 0 spiro atoms. The lowest BCUT2D eigenvalue weighted by molar-refractivity contribution is 0.109. The molecule has 23 heavy (non-hydrogen) atoms. The van der Waals surface area contributed by atoms with Gasteiger partial charge < -0.3 is 14.4 Å². The Bertz CT molecular complexity index is 644. The van der Waals surface area contributed by atoms with Crippen LogP contribution < -0.4 is 0 Å². The molecule has 2 unspecified atom stereocenters. The fourth-order valence-corrected chi connectivity index (χ4v) is 3.16. The number of aliphatic hydroxyl groups excluding tert-OH is 1. The lowest BCUT2D eigenvalue weighted by Crippen LogP contribution is -2.30. The van der Waals surface area contributed by atoms with Crippen molar-refractivity contribution in [3.8, 4) is 0 Å². The van der Waals surface area contributed by atoms with E-state index < -0.39 is 0 Å². The summed E-state index contributed by atoms with van der Waals surface area (Å²) >= 11 is 0. The first-order chi connectivity index (χ1) is 11.2. The van der Waals surface area contributed by atoms with Gasteiger partial charge >= 0.3 is 0 Å². The van der Waals surface area contributed by atoms with E-state index in [9.17, 15) is 5.11 Å². The van der Waals surface area contributed by atoms with Gasteiger partial charge in [0.05, 0.1) is 13.2 Å². The number of nitrogens with zero attached hydrogens (tertiary/aromatic N) is 3. The van der Waals surface area contributed by atoms with Crippen molar-refractivity contribution in [1.29, 1.82) is 0 Å². The highest BCUT2D eigenvalue weighted by Gasteiger charge is 2.28. The summed E-state index contributed by atoms with van der Waals surface area (Å²) < 4.78 is 10.6. The van der Waals surface area contributed by atoms with Crippen LogP contribution in [0.5, 0.6) is 0 Å². The molecule has 0 amide bonds. The Kier molecular flexibility index (Phi) is 5.05. The number of aromatic nitrogens is 2. The van der Waals surface area contributed by atoms with Crippen LogP contribution in [0.2, 0.25) is 0 Å². The summed E-state index contributed by atoms with van der Waals surface area (Å²) in [6, 6.07) is 8.78. The van der Waals surface area contributed by atoms with Crippen molar-refractivity contribution < 1.29 is 14.4 Å². The van der Waals surface area contributed by atoms with Crippen LogP contribution >= 0.6 is 0 Å². The maximum Gasteiger partial charge on any atom is 0.240 e. The van der Waals surface area contributed by atoms with Crippen LogP contribution in [0.4, 0.5) is 0 Å². The summed E-state index contributed by atoms with van der Waals surface area (Å²) in [6.45, 7) is 3.10. The molecule has 6 heteroatoms. The van der Waals surface area contributed by atoms with Crippen LogP contribution in [0.25, 0.3) is 0 Å². The van der Waals surface area contributed by atoms with E-state index in [4.69, 9.17) is 9.26 Å². The lowest BCUT2D eigenvalue weighted by Gasteiger charge is -2.27. The summed E-state index contributed by atoms with van der Waals surface area (Å²) in [5.74, 6) is 1.11. The fourth-order valence-electron chi connectivity index (χ4n) is 3.16. The first kappa shape index (κ1) is 16.1. The third-order valence-corrected chi connectivity index (χ3v) is 4.47. The average Bonchev–Trinajstić information content (AvgIpc) is 3.20.